The summed E-state index contributed by atoms with van der Waals surface area (Å²) in [6.07, 6.45) is 5.64. The van der Waals surface area contributed by atoms with Crippen LogP contribution in [0.4, 0.5) is 17.6 Å². The van der Waals surface area contributed by atoms with E-state index in [2.05, 4.69) is 42.2 Å². The fraction of sp³-hybridized carbons (Fsp3) is 0.562. The molecule has 4 N–H and O–H groups in total. The summed E-state index contributed by atoms with van der Waals surface area (Å²) in [7, 11) is 0. The van der Waals surface area contributed by atoms with Crippen LogP contribution in [0.15, 0.2) is 18.3 Å². The van der Waals surface area contributed by atoms with Crippen LogP contribution in [0, 0.1) is 11.8 Å². The Morgan fingerprint density at radius 1 is 1.13 bits per heavy atom. The third-order valence-electron chi connectivity index (χ3n) is 5.26. The van der Waals surface area contributed by atoms with Crippen molar-refractivity contribution in [1.29, 1.82) is 0 Å². The summed E-state index contributed by atoms with van der Waals surface area (Å²) in [4.78, 5) is 8.94. The van der Waals surface area contributed by atoms with Gasteiger partial charge in [-0.15, -0.1) is 0 Å². The molecule has 7 heteroatoms. The molecule has 1 aliphatic heterocycles. The van der Waals surface area contributed by atoms with Gasteiger partial charge in [-0.25, -0.2) is 4.98 Å². The van der Waals surface area contributed by atoms with Crippen molar-refractivity contribution in [2.24, 2.45) is 11.8 Å². The van der Waals surface area contributed by atoms with E-state index in [0.717, 1.165) is 24.7 Å². The predicted molar refractivity (Wildman–Crippen MR) is 87.8 cm³/mol. The minimum Gasteiger partial charge on any atom is -0.351 e. The maximum atomic E-state index is 4.58. The van der Waals surface area contributed by atoms with Crippen LogP contribution in [0.3, 0.4) is 0 Å². The van der Waals surface area contributed by atoms with Crippen molar-refractivity contribution in [2.75, 3.05) is 23.7 Å². The molecule has 2 saturated carbocycles. The molecule has 2 bridgehead atoms. The van der Waals surface area contributed by atoms with Gasteiger partial charge in [0.15, 0.2) is 5.82 Å². The number of nitrogens with zero attached hydrogens (tertiary/aromatic N) is 3. The van der Waals surface area contributed by atoms with Gasteiger partial charge in [0.25, 0.3) is 0 Å². The molecule has 3 fully saturated rings. The largest absolute Gasteiger partial charge is 0.351 e. The third kappa shape index (κ3) is 2.55. The van der Waals surface area contributed by atoms with Gasteiger partial charge in [-0.05, 0) is 50.3 Å². The molecule has 0 radical (unpaired) electrons. The lowest BCUT2D eigenvalue weighted by Gasteiger charge is -2.49. The molecule has 7 nitrogen and oxygen atoms in total. The van der Waals surface area contributed by atoms with Crippen LogP contribution in [-0.4, -0.2) is 39.3 Å². The number of nitrogens with one attached hydrogen (secondary N) is 4. The van der Waals surface area contributed by atoms with Gasteiger partial charge in [0.1, 0.15) is 5.82 Å². The molecular weight excluding hydrogens is 290 g/mol. The minimum atomic E-state index is 0.512. The first-order chi connectivity index (χ1) is 11.3. The van der Waals surface area contributed by atoms with Crippen LogP contribution >= 0.6 is 0 Å². The molecule has 2 aliphatic carbocycles. The second kappa shape index (κ2) is 5.19. The highest BCUT2D eigenvalue weighted by Crippen LogP contribution is 2.40. The van der Waals surface area contributed by atoms with Gasteiger partial charge in [0.05, 0.1) is 0 Å². The first kappa shape index (κ1) is 13.3. The van der Waals surface area contributed by atoms with E-state index in [1.165, 1.54) is 25.0 Å². The lowest BCUT2D eigenvalue weighted by molar-refractivity contribution is 0.109. The van der Waals surface area contributed by atoms with Crippen molar-refractivity contribution < 1.29 is 0 Å². The molecule has 2 atom stereocenters. The monoisotopic (exact) mass is 311 g/mol. The topological polar surface area (TPSA) is 90.5 Å². The highest BCUT2D eigenvalue weighted by molar-refractivity contribution is 5.53. The third-order valence-corrected chi connectivity index (χ3v) is 5.26. The van der Waals surface area contributed by atoms with E-state index in [1.807, 2.05) is 6.07 Å². The number of fused-ring (bicyclic) bond motifs is 2. The summed E-state index contributed by atoms with van der Waals surface area (Å²) in [5.41, 5.74) is 1.22. The molecule has 1 saturated heterocycles. The van der Waals surface area contributed by atoms with Crippen molar-refractivity contribution in [1.82, 2.24) is 25.5 Å². The predicted octanol–water partition coefficient (Wildman–Crippen LogP) is 1.84. The summed E-state index contributed by atoms with van der Waals surface area (Å²) >= 11 is 0. The summed E-state index contributed by atoms with van der Waals surface area (Å²) < 4.78 is 0. The number of hydrogen-bond donors (Lipinski definition) is 4. The Morgan fingerprint density at radius 3 is 2.78 bits per heavy atom. The van der Waals surface area contributed by atoms with E-state index in [9.17, 15) is 0 Å². The number of aromatic nitrogens is 4. The molecule has 120 valence electrons. The van der Waals surface area contributed by atoms with Crippen molar-refractivity contribution >= 4 is 17.6 Å². The van der Waals surface area contributed by atoms with E-state index in [1.54, 1.807) is 6.20 Å². The van der Waals surface area contributed by atoms with Gasteiger partial charge in [-0.2, -0.15) is 10.1 Å². The van der Waals surface area contributed by atoms with Crippen LogP contribution in [-0.2, 0) is 0 Å². The lowest BCUT2D eigenvalue weighted by Crippen LogP contribution is -2.60. The quantitative estimate of drug-likeness (QED) is 0.673. The fourth-order valence-electron chi connectivity index (χ4n) is 3.76. The Kier molecular flexibility index (Phi) is 3.00. The highest BCUT2D eigenvalue weighted by atomic mass is 15.2. The summed E-state index contributed by atoms with van der Waals surface area (Å²) in [5.74, 6) is 4.39. The maximum Gasteiger partial charge on any atom is 0.224 e. The molecule has 0 amide bonds. The second-order valence-corrected chi connectivity index (χ2v) is 6.96. The van der Waals surface area contributed by atoms with E-state index in [0.29, 0.717) is 29.7 Å². The highest BCUT2D eigenvalue weighted by Gasteiger charge is 2.43. The average molecular weight is 311 g/mol. The molecule has 0 spiro atoms. The van der Waals surface area contributed by atoms with Gasteiger partial charge >= 0.3 is 0 Å². The summed E-state index contributed by atoms with van der Waals surface area (Å²) in [6, 6.07) is 4.47. The zero-order valence-corrected chi connectivity index (χ0v) is 12.9. The van der Waals surface area contributed by atoms with E-state index in [-0.39, 0.29) is 0 Å². The SMILES string of the molecule is c1cc(Nc2cc(C3CC3)[nH]n2)nc(NC2C3CNCC2C3)n1. The molecule has 2 aromatic rings. The smallest absolute Gasteiger partial charge is 0.224 e. The van der Waals surface area contributed by atoms with E-state index in [4.69, 9.17) is 0 Å². The van der Waals surface area contributed by atoms with E-state index >= 15 is 0 Å². The van der Waals surface area contributed by atoms with Crippen LogP contribution in [0.5, 0.6) is 0 Å². The van der Waals surface area contributed by atoms with Crippen molar-refractivity contribution in [3.63, 3.8) is 0 Å². The molecular formula is C16H21N7. The Hall–Kier alpha value is -2.15. The molecule has 23 heavy (non-hydrogen) atoms. The molecule has 3 heterocycles. The van der Waals surface area contributed by atoms with E-state index < -0.39 is 0 Å². The van der Waals surface area contributed by atoms with Crippen LogP contribution in [0.25, 0.3) is 0 Å². The molecule has 2 aromatic heterocycles. The average Bonchev–Trinajstić information content (AvgIpc) is 3.34. The first-order valence-corrected chi connectivity index (χ1v) is 8.48. The number of piperidine rings is 2. The normalized spacial score (nSPS) is 29.0. The van der Waals surface area contributed by atoms with Crippen molar-refractivity contribution in [3.8, 4) is 0 Å². The van der Waals surface area contributed by atoms with Gasteiger partial charge in [0.2, 0.25) is 5.95 Å². The van der Waals surface area contributed by atoms with Gasteiger partial charge in [-0.3, -0.25) is 5.10 Å². The Bertz CT molecular complexity index is 694. The maximum absolute atomic E-state index is 4.58. The van der Waals surface area contributed by atoms with Crippen LogP contribution in [0.2, 0.25) is 0 Å². The molecule has 3 aliphatic rings. The standard InChI is InChI=1S/C16H21N7/c1-2-9(1)12-6-14(23-22-12)19-13-3-4-18-16(20-13)21-15-10-5-11(15)8-17-7-10/h3-4,6,9-11,15,17H,1-2,5,7-8H2,(H3,18,19,20,21,22,23). The lowest BCUT2D eigenvalue weighted by atomic mass is 9.67. The zero-order valence-electron chi connectivity index (χ0n) is 12.9. The second-order valence-electron chi connectivity index (χ2n) is 6.96. The number of anilines is 3. The van der Waals surface area contributed by atoms with Crippen molar-refractivity contribution in [2.45, 2.75) is 31.2 Å². The summed E-state index contributed by atoms with van der Waals surface area (Å²) in [5, 5.41) is 17.6. The summed E-state index contributed by atoms with van der Waals surface area (Å²) in [6.45, 7) is 2.20. The molecule has 0 aromatic carbocycles. The number of aromatic amines is 1. The Labute approximate surface area is 134 Å². The zero-order chi connectivity index (χ0) is 15.2. The Balaban J connectivity index is 1.27. The van der Waals surface area contributed by atoms with Gasteiger partial charge in [-0.1, -0.05) is 0 Å². The first-order valence-electron chi connectivity index (χ1n) is 8.48. The Morgan fingerprint density at radius 2 is 2.00 bits per heavy atom. The van der Waals surface area contributed by atoms with Crippen LogP contribution in [0.1, 0.15) is 30.9 Å². The minimum absolute atomic E-state index is 0.512. The van der Waals surface area contributed by atoms with Crippen molar-refractivity contribution in [3.05, 3.63) is 24.0 Å². The fourth-order valence-corrected chi connectivity index (χ4v) is 3.76. The van der Waals surface area contributed by atoms with Gasteiger partial charge in [0, 0.05) is 29.9 Å². The number of H-pyrrole nitrogens is 1. The van der Waals surface area contributed by atoms with Gasteiger partial charge < -0.3 is 16.0 Å². The number of hydrogen-bond acceptors (Lipinski definition) is 6. The molecule has 5 rings (SSSR count). The molecule has 2 unspecified atom stereocenters. The van der Waals surface area contributed by atoms with Crippen LogP contribution < -0.4 is 16.0 Å². The number of rotatable bonds is 5.